The van der Waals surface area contributed by atoms with Gasteiger partial charge >= 0.3 is 17.3 Å². The van der Waals surface area contributed by atoms with Gasteiger partial charge in [0.25, 0.3) is 0 Å². The Bertz CT molecular complexity index is 1280. The molecule has 0 aliphatic carbocycles. The number of para-hydroxylation sites is 2. The van der Waals surface area contributed by atoms with Gasteiger partial charge in [-0.25, -0.2) is 9.59 Å². The summed E-state index contributed by atoms with van der Waals surface area (Å²) in [5.74, 6) is 0.725. The summed E-state index contributed by atoms with van der Waals surface area (Å²) in [7, 11) is 2.64. The van der Waals surface area contributed by atoms with Crippen LogP contribution in [0.2, 0.25) is 0 Å². The van der Waals surface area contributed by atoms with Crippen molar-refractivity contribution in [2.24, 2.45) is 11.8 Å². The van der Waals surface area contributed by atoms with E-state index in [4.69, 9.17) is 38.1 Å². The monoisotopic (exact) mass is 614 g/mol. The zero-order valence-corrected chi connectivity index (χ0v) is 24.7. The Morgan fingerprint density at radius 3 is 1.57 bits per heavy atom. The summed E-state index contributed by atoms with van der Waals surface area (Å²) in [6.45, 7) is 2.65. The first-order valence-corrected chi connectivity index (χ1v) is 14.6. The van der Waals surface area contributed by atoms with Crippen LogP contribution in [0.15, 0.2) is 36.4 Å². The number of methoxy groups -OCH3 is 2. The van der Waals surface area contributed by atoms with Gasteiger partial charge in [-0.1, -0.05) is 24.3 Å². The van der Waals surface area contributed by atoms with Gasteiger partial charge < -0.3 is 28.4 Å². The average molecular weight is 615 g/mol. The summed E-state index contributed by atoms with van der Waals surface area (Å²) in [5, 5.41) is 0.0976. The van der Waals surface area contributed by atoms with E-state index in [0.717, 1.165) is 11.1 Å². The van der Waals surface area contributed by atoms with Gasteiger partial charge in [0, 0.05) is 24.9 Å². The number of nitrogens with zero attached hydrogens (tertiary/aromatic N) is 3. The molecular formula is C30H36N3O11+. The van der Waals surface area contributed by atoms with E-state index < -0.39 is 12.2 Å². The minimum Gasteiger partial charge on any atom is -0.489 e. The van der Waals surface area contributed by atoms with E-state index in [9.17, 15) is 14.5 Å². The molecule has 44 heavy (non-hydrogen) atoms. The lowest BCUT2D eigenvalue weighted by Crippen LogP contribution is -2.42. The van der Waals surface area contributed by atoms with Gasteiger partial charge in [0.05, 0.1) is 38.8 Å². The third kappa shape index (κ3) is 6.91. The number of rotatable bonds is 12. The summed E-state index contributed by atoms with van der Waals surface area (Å²) >= 11 is 0. The smallest absolute Gasteiger partial charge is 0.477 e. The minimum atomic E-state index is -0.535. The van der Waals surface area contributed by atoms with E-state index in [1.54, 1.807) is 0 Å². The van der Waals surface area contributed by atoms with Gasteiger partial charge in [0.15, 0.2) is 13.2 Å². The molecule has 6 rings (SSSR count). The fourth-order valence-corrected chi connectivity index (χ4v) is 5.60. The number of ether oxygens (including phenoxy) is 6. The summed E-state index contributed by atoms with van der Waals surface area (Å²) < 4.78 is 32.4. The molecule has 4 heterocycles. The van der Waals surface area contributed by atoms with Crippen LogP contribution in [-0.4, -0.2) is 96.4 Å². The predicted molar refractivity (Wildman–Crippen MR) is 153 cm³/mol. The second kappa shape index (κ2) is 13.1. The highest BCUT2D eigenvalue weighted by molar-refractivity contribution is 5.92. The number of fused-ring (bicyclic) bond motifs is 2. The topological polar surface area (TPSA) is 141 Å². The standard InChI is InChI=1S/C30H36N3O11/c1-37-29(34)31-11-19(9-21-5-3-7-25(27(21)31)41-17-23-15-39-23)13-43-33(36)44-14-20-10-22-6-4-8-26(42-18-24-16-40-24)28(22)32(12-20)30(35)38-2/h3-8,19-20,23-24H,9-18H2,1-2H3/q+1. The van der Waals surface area contributed by atoms with Crippen molar-refractivity contribution >= 4 is 23.6 Å². The largest absolute Gasteiger partial charge is 0.489 e. The molecule has 14 heteroatoms. The number of carbonyl (C=O) groups is 2. The van der Waals surface area contributed by atoms with E-state index in [-0.39, 0.29) is 55.4 Å². The molecule has 0 spiro atoms. The van der Waals surface area contributed by atoms with Crippen molar-refractivity contribution in [1.29, 1.82) is 0 Å². The Hall–Kier alpha value is -4.30. The molecule has 4 aliphatic rings. The van der Waals surface area contributed by atoms with Gasteiger partial charge in [-0.05, 0) is 36.1 Å². The van der Waals surface area contributed by atoms with E-state index >= 15 is 0 Å². The Kier molecular flexibility index (Phi) is 8.89. The van der Waals surface area contributed by atoms with Crippen LogP contribution in [0, 0.1) is 16.7 Å². The lowest BCUT2D eigenvalue weighted by molar-refractivity contribution is -0.982. The maximum Gasteiger partial charge on any atom is 0.477 e. The van der Waals surface area contributed by atoms with Crippen molar-refractivity contribution in [2.45, 2.75) is 25.0 Å². The lowest BCUT2D eigenvalue weighted by Gasteiger charge is -2.34. The Morgan fingerprint density at radius 2 is 1.18 bits per heavy atom. The molecule has 0 radical (unpaired) electrons. The molecule has 4 atom stereocenters. The van der Waals surface area contributed by atoms with E-state index in [2.05, 4.69) is 0 Å². The Morgan fingerprint density at radius 1 is 0.750 bits per heavy atom. The second-order valence-electron chi connectivity index (χ2n) is 11.2. The van der Waals surface area contributed by atoms with Gasteiger partial charge in [0.1, 0.15) is 41.8 Å². The first-order chi connectivity index (χ1) is 21.4. The van der Waals surface area contributed by atoms with Crippen LogP contribution in [0.1, 0.15) is 11.1 Å². The molecule has 236 valence electrons. The van der Waals surface area contributed by atoms with Crippen LogP contribution in [0.3, 0.4) is 0 Å². The predicted octanol–water partition coefficient (Wildman–Crippen LogP) is 3.07. The summed E-state index contributed by atoms with van der Waals surface area (Å²) in [6, 6.07) is 11.2. The van der Waals surface area contributed by atoms with Crippen molar-refractivity contribution in [3.8, 4) is 11.5 Å². The minimum absolute atomic E-state index is 0.00459. The highest BCUT2D eigenvalue weighted by Crippen LogP contribution is 2.40. The summed E-state index contributed by atoms with van der Waals surface area (Å²) in [6.07, 6.45) is 0.170. The fourth-order valence-electron chi connectivity index (χ4n) is 5.60. The van der Waals surface area contributed by atoms with Crippen molar-refractivity contribution in [1.82, 2.24) is 0 Å². The zero-order valence-electron chi connectivity index (χ0n) is 24.7. The third-order valence-corrected chi connectivity index (χ3v) is 7.88. The van der Waals surface area contributed by atoms with Crippen LogP contribution in [0.4, 0.5) is 21.0 Å². The maximum absolute atomic E-state index is 12.7. The molecule has 0 saturated carbocycles. The Labute approximate surface area is 254 Å². The molecular weight excluding hydrogens is 578 g/mol. The Balaban J connectivity index is 1.05. The van der Waals surface area contributed by atoms with Crippen molar-refractivity contribution in [2.75, 3.05) is 76.8 Å². The molecule has 14 nitrogen and oxygen atoms in total. The highest BCUT2D eigenvalue weighted by Gasteiger charge is 2.37. The molecule has 2 amide bonds. The molecule has 2 saturated heterocycles. The van der Waals surface area contributed by atoms with Gasteiger partial charge in [-0.2, -0.15) is 9.68 Å². The number of carbonyl (C=O) groups excluding carboxylic acids is 2. The molecule has 4 unspecified atom stereocenters. The maximum atomic E-state index is 12.7. The van der Waals surface area contributed by atoms with Crippen LogP contribution in [0.5, 0.6) is 11.5 Å². The van der Waals surface area contributed by atoms with Crippen LogP contribution in [0.25, 0.3) is 0 Å². The quantitative estimate of drug-likeness (QED) is 0.257. The average Bonchev–Trinajstić information content (AvgIpc) is 3.98. The number of hydrogen-bond donors (Lipinski definition) is 0. The zero-order chi connectivity index (χ0) is 30.6. The van der Waals surface area contributed by atoms with Gasteiger partial charge in [0.2, 0.25) is 0 Å². The van der Waals surface area contributed by atoms with E-state index in [0.29, 0.717) is 62.1 Å². The normalized spacial score (nSPS) is 23.0. The molecule has 4 aliphatic heterocycles. The summed E-state index contributed by atoms with van der Waals surface area (Å²) in [4.78, 5) is 51.8. The number of anilines is 2. The van der Waals surface area contributed by atoms with Gasteiger partial charge in [-0.15, -0.1) is 0 Å². The molecule has 0 N–H and O–H groups in total. The van der Waals surface area contributed by atoms with E-state index in [1.165, 1.54) is 24.0 Å². The van der Waals surface area contributed by atoms with Crippen LogP contribution >= 0.6 is 0 Å². The molecule has 2 aromatic carbocycles. The van der Waals surface area contributed by atoms with E-state index in [1.807, 2.05) is 36.4 Å². The van der Waals surface area contributed by atoms with Crippen molar-refractivity contribution in [3.63, 3.8) is 0 Å². The number of hydrogen-bond acceptors (Lipinski definition) is 11. The first-order valence-electron chi connectivity index (χ1n) is 14.6. The van der Waals surface area contributed by atoms with Crippen molar-refractivity contribution in [3.05, 3.63) is 52.4 Å². The van der Waals surface area contributed by atoms with Crippen LogP contribution < -0.4 is 19.3 Å². The lowest BCUT2D eigenvalue weighted by atomic mass is 9.93. The number of benzene rings is 2. The first kappa shape index (κ1) is 29.8. The highest BCUT2D eigenvalue weighted by atomic mass is 17.0. The van der Waals surface area contributed by atoms with Gasteiger partial charge in [-0.3, -0.25) is 9.80 Å². The molecule has 2 fully saturated rings. The third-order valence-electron chi connectivity index (χ3n) is 7.88. The number of amides is 2. The fraction of sp³-hybridized carbons (Fsp3) is 0.533. The SMILES string of the molecule is COC(=O)N1CC(CO[N+](=O)OCC2Cc3cccc(OCC4CO4)c3N(C(=O)OC)C2)Cc2cccc(OCC3CO3)c21. The summed E-state index contributed by atoms with van der Waals surface area (Å²) in [5.41, 5.74) is 3.04. The molecule has 0 bridgehead atoms. The molecule has 2 aromatic rings. The van der Waals surface area contributed by atoms with Crippen LogP contribution in [-0.2, 0) is 41.5 Å². The molecule has 0 aromatic heterocycles. The van der Waals surface area contributed by atoms with Crippen molar-refractivity contribution < 1.29 is 52.8 Å². The second-order valence-corrected chi connectivity index (χ2v) is 11.2. The number of epoxide rings is 2.